The number of thioether (sulfide) groups is 1. The summed E-state index contributed by atoms with van der Waals surface area (Å²) < 4.78 is 19.1. The summed E-state index contributed by atoms with van der Waals surface area (Å²) in [5.41, 5.74) is 0.534. The van der Waals surface area contributed by atoms with Gasteiger partial charge in [0.25, 0.3) is 5.91 Å². The van der Waals surface area contributed by atoms with E-state index < -0.39 is 0 Å². The molecule has 0 atom stereocenters. The molecule has 1 aromatic carbocycles. The van der Waals surface area contributed by atoms with E-state index >= 15 is 0 Å². The lowest BCUT2D eigenvalue weighted by Crippen LogP contribution is -2.48. The molecular formula is C18H22FN3O3S. The van der Waals surface area contributed by atoms with Gasteiger partial charge in [-0.2, -0.15) is 4.99 Å². The molecule has 0 unspecified atom stereocenters. The Bertz CT molecular complexity index is 730. The van der Waals surface area contributed by atoms with E-state index in [0.717, 1.165) is 26.2 Å². The molecule has 2 aliphatic heterocycles. The Kier molecular flexibility index (Phi) is 6.29. The van der Waals surface area contributed by atoms with Gasteiger partial charge in [0.1, 0.15) is 11.6 Å². The van der Waals surface area contributed by atoms with E-state index in [1.165, 1.54) is 23.9 Å². The fourth-order valence-corrected chi connectivity index (χ4v) is 3.85. The lowest BCUT2D eigenvalue weighted by molar-refractivity contribution is -0.113. The normalized spacial score (nSPS) is 20.0. The molecule has 0 radical (unpaired) electrons. The number of amides is 1. The van der Waals surface area contributed by atoms with E-state index in [4.69, 9.17) is 9.84 Å². The predicted octanol–water partition coefficient (Wildman–Crippen LogP) is 1.80. The van der Waals surface area contributed by atoms with Crippen molar-refractivity contribution in [2.45, 2.75) is 6.92 Å². The maximum atomic E-state index is 13.6. The minimum absolute atomic E-state index is 0.150. The molecule has 0 spiro atoms. The number of piperazine rings is 1. The third-order valence-electron chi connectivity index (χ3n) is 4.23. The van der Waals surface area contributed by atoms with E-state index in [9.17, 15) is 9.18 Å². The first-order valence-corrected chi connectivity index (χ1v) is 9.45. The highest BCUT2D eigenvalue weighted by molar-refractivity contribution is 8.18. The molecule has 8 heteroatoms. The Balaban J connectivity index is 1.70. The number of carbonyl (C=O) groups is 1. The van der Waals surface area contributed by atoms with Gasteiger partial charge in [-0.05, 0) is 43.0 Å². The zero-order valence-corrected chi connectivity index (χ0v) is 15.5. The summed E-state index contributed by atoms with van der Waals surface area (Å²) in [5, 5.41) is 9.69. The van der Waals surface area contributed by atoms with Gasteiger partial charge in [0.2, 0.25) is 0 Å². The molecule has 2 heterocycles. The molecule has 0 aromatic heterocycles. The highest BCUT2D eigenvalue weighted by Gasteiger charge is 2.28. The van der Waals surface area contributed by atoms with Crippen LogP contribution in [0.1, 0.15) is 12.5 Å². The second-order valence-corrected chi connectivity index (χ2v) is 6.99. The van der Waals surface area contributed by atoms with Gasteiger partial charge in [-0.3, -0.25) is 9.69 Å². The summed E-state index contributed by atoms with van der Waals surface area (Å²) in [4.78, 5) is 21.1. The Hall–Kier alpha value is -1.90. The summed E-state index contributed by atoms with van der Waals surface area (Å²) in [5.74, 6) is -0.146. The molecule has 1 fully saturated rings. The number of halogens is 1. The lowest BCUT2D eigenvalue weighted by atomic mass is 10.1. The number of hydrogen-bond donors (Lipinski definition) is 1. The largest absolute Gasteiger partial charge is 0.493 e. The van der Waals surface area contributed by atoms with Gasteiger partial charge in [0, 0.05) is 38.3 Å². The van der Waals surface area contributed by atoms with Crippen LogP contribution in [0.2, 0.25) is 0 Å². The van der Waals surface area contributed by atoms with Crippen molar-refractivity contribution < 1.29 is 19.0 Å². The molecule has 6 nitrogen and oxygen atoms in total. The minimum Gasteiger partial charge on any atom is -0.493 e. The minimum atomic E-state index is -0.378. The van der Waals surface area contributed by atoms with E-state index in [2.05, 4.69) is 14.8 Å². The van der Waals surface area contributed by atoms with Crippen LogP contribution in [0.3, 0.4) is 0 Å². The third kappa shape index (κ3) is 4.44. The number of carbonyl (C=O) groups excluding carboxylic acids is 1. The van der Waals surface area contributed by atoms with E-state index in [0.29, 0.717) is 34.5 Å². The van der Waals surface area contributed by atoms with E-state index in [1.807, 2.05) is 6.92 Å². The van der Waals surface area contributed by atoms with Gasteiger partial charge >= 0.3 is 0 Å². The number of aliphatic hydroxyl groups is 1. The van der Waals surface area contributed by atoms with Crippen molar-refractivity contribution in [1.29, 1.82) is 0 Å². The molecule has 140 valence electrons. The first-order chi connectivity index (χ1) is 12.6. The monoisotopic (exact) mass is 379 g/mol. The van der Waals surface area contributed by atoms with E-state index in [1.54, 1.807) is 12.1 Å². The Labute approximate surface area is 156 Å². The van der Waals surface area contributed by atoms with Crippen molar-refractivity contribution >= 4 is 28.9 Å². The highest BCUT2D eigenvalue weighted by atomic mass is 32.2. The molecule has 1 N–H and O–H groups in total. The second kappa shape index (κ2) is 8.66. The van der Waals surface area contributed by atoms with Crippen LogP contribution in [0, 0.1) is 5.82 Å². The number of aliphatic hydroxyl groups excluding tert-OH is 1. The smallest absolute Gasteiger partial charge is 0.286 e. The average Bonchev–Trinajstić information content (AvgIpc) is 2.99. The van der Waals surface area contributed by atoms with Crippen LogP contribution >= 0.6 is 11.8 Å². The quantitative estimate of drug-likeness (QED) is 0.787. The van der Waals surface area contributed by atoms with Gasteiger partial charge in [-0.25, -0.2) is 4.39 Å². The van der Waals surface area contributed by atoms with Gasteiger partial charge in [0.05, 0.1) is 18.1 Å². The van der Waals surface area contributed by atoms with Crippen LogP contribution in [0.25, 0.3) is 6.08 Å². The van der Waals surface area contributed by atoms with Crippen molar-refractivity contribution in [2.24, 2.45) is 4.99 Å². The van der Waals surface area contributed by atoms with Gasteiger partial charge in [-0.15, -0.1) is 0 Å². The number of hydrogen-bond acceptors (Lipinski definition) is 6. The van der Waals surface area contributed by atoms with Crippen LogP contribution in [-0.4, -0.2) is 71.9 Å². The fourth-order valence-electron chi connectivity index (χ4n) is 2.90. The first-order valence-electron chi connectivity index (χ1n) is 8.63. The average molecular weight is 379 g/mol. The summed E-state index contributed by atoms with van der Waals surface area (Å²) in [6, 6.07) is 4.26. The Morgan fingerprint density at radius 2 is 2.12 bits per heavy atom. The molecular weight excluding hydrogens is 357 g/mol. The Morgan fingerprint density at radius 1 is 1.35 bits per heavy atom. The predicted molar refractivity (Wildman–Crippen MR) is 101 cm³/mol. The third-order valence-corrected chi connectivity index (χ3v) is 5.27. The van der Waals surface area contributed by atoms with Crippen LogP contribution in [0.5, 0.6) is 5.75 Å². The SMILES string of the molecule is CCOc1ccc(F)cc1/C=C1\SC(N2CCN(CCO)CC2)=NC1=O. The number of aliphatic imine (C=N–C) groups is 1. The maximum absolute atomic E-state index is 13.6. The summed E-state index contributed by atoms with van der Waals surface area (Å²) in [7, 11) is 0. The van der Waals surface area contributed by atoms with E-state index in [-0.39, 0.29) is 18.3 Å². The summed E-state index contributed by atoms with van der Waals surface area (Å²) in [6.07, 6.45) is 1.64. The van der Waals surface area contributed by atoms with Gasteiger partial charge in [0.15, 0.2) is 5.17 Å². The lowest BCUT2D eigenvalue weighted by Gasteiger charge is -2.34. The highest BCUT2D eigenvalue weighted by Crippen LogP contribution is 2.33. The number of β-amino-alcohol motifs (C(OH)–C–C–N with tert-alkyl or cyclic N) is 1. The van der Waals surface area contributed by atoms with Crippen molar-refractivity contribution in [3.63, 3.8) is 0 Å². The number of rotatable bonds is 5. The Morgan fingerprint density at radius 3 is 2.81 bits per heavy atom. The number of benzene rings is 1. The number of ether oxygens (including phenoxy) is 1. The van der Waals surface area contributed by atoms with Crippen molar-refractivity contribution in [3.05, 3.63) is 34.5 Å². The van der Waals surface area contributed by atoms with Gasteiger partial charge < -0.3 is 14.7 Å². The zero-order valence-electron chi connectivity index (χ0n) is 14.7. The van der Waals surface area contributed by atoms with Crippen molar-refractivity contribution in [3.8, 4) is 5.75 Å². The van der Waals surface area contributed by atoms with Gasteiger partial charge in [-0.1, -0.05) is 0 Å². The molecule has 3 rings (SSSR count). The van der Waals surface area contributed by atoms with Crippen LogP contribution in [-0.2, 0) is 4.79 Å². The van der Waals surface area contributed by atoms with Crippen molar-refractivity contribution in [2.75, 3.05) is 45.9 Å². The molecule has 0 aliphatic carbocycles. The second-order valence-electron chi connectivity index (χ2n) is 5.98. The molecule has 1 amide bonds. The zero-order chi connectivity index (χ0) is 18.5. The maximum Gasteiger partial charge on any atom is 0.286 e. The molecule has 1 saturated heterocycles. The standard InChI is InChI=1S/C18H22FN3O3S/c1-2-25-15-4-3-14(19)11-13(15)12-16-17(24)20-18(26-16)22-7-5-21(6-8-22)9-10-23/h3-4,11-12,23H,2,5-10H2,1H3/b16-12-. The topological polar surface area (TPSA) is 65.4 Å². The molecule has 0 saturated carbocycles. The van der Waals surface area contributed by atoms with Crippen LogP contribution in [0.15, 0.2) is 28.1 Å². The molecule has 26 heavy (non-hydrogen) atoms. The summed E-state index contributed by atoms with van der Waals surface area (Å²) in [6.45, 7) is 6.30. The number of amidine groups is 1. The molecule has 2 aliphatic rings. The summed E-state index contributed by atoms with van der Waals surface area (Å²) >= 11 is 1.31. The molecule has 1 aromatic rings. The fraction of sp³-hybridized carbons (Fsp3) is 0.444. The van der Waals surface area contributed by atoms with Crippen molar-refractivity contribution in [1.82, 2.24) is 9.80 Å². The van der Waals surface area contributed by atoms with Crippen LogP contribution < -0.4 is 4.74 Å². The molecule has 0 bridgehead atoms. The number of nitrogens with zero attached hydrogens (tertiary/aromatic N) is 3. The first kappa shape index (κ1) is 18.9. The van der Waals surface area contributed by atoms with Crippen LogP contribution in [0.4, 0.5) is 4.39 Å².